The minimum atomic E-state index is -1.39. The predicted molar refractivity (Wildman–Crippen MR) is 70.7 cm³/mol. The van der Waals surface area contributed by atoms with E-state index in [1.54, 1.807) is 0 Å². The van der Waals surface area contributed by atoms with E-state index in [0.29, 0.717) is 0 Å². The summed E-state index contributed by atoms with van der Waals surface area (Å²) in [5.41, 5.74) is -1.12. The normalized spacial score (nSPS) is 10.4. The first-order valence-electron chi connectivity index (χ1n) is 5.56. The molecule has 0 aromatic heterocycles. The fraction of sp³-hybridized carbons (Fsp3) is 0. The van der Waals surface area contributed by atoms with Crippen molar-refractivity contribution in [2.75, 3.05) is 0 Å². The zero-order valence-corrected chi connectivity index (χ0v) is 11.0. The lowest BCUT2D eigenvalue weighted by molar-refractivity contribution is 0.0696. The van der Waals surface area contributed by atoms with Crippen molar-refractivity contribution in [2.45, 2.75) is 0 Å². The summed E-state index contributed by atoms with van der Waals surface area (Å²) in [7, 11) is 0. The van der Waals surface area contributed by atoms with Gasteiger partial charge in [-0.15, -0.1) is 0 Å². The van der Waals surface area contributed by atoms with Gasteiger partial charge in [-0.05, 0) is 35.9 Å². The summed E-state index contributed by atoms with van der Waals surface area (Å²) in [6.07, 6.45) is 0. The predicted octanol–water partition coefficient (Wildman–Crippen LogP) is 3.68. The Morgan fingerprint density at radius 2 is 1.43 bits per heavy atom. The van der Waals surface area contributed by atoms with E-state index in [1.165, 1.54) is 0 Å². The Hall–Kier alpha value is -2.47. The molecule has 0 atom stereocenters. The molecule has 4 nitrogen and oxygen atoms in total. The molecule has 0 aliphatic rings. The number of benzene rings is 2. The number of rotatable bonds is 3. The number of carboxylic acid groups (broad SMARTS) is 2. The quantitative estimate of drug-likeness (QED) is 0.848. The van der Waals surface area contributed by atoms with Gasteiger partial charge in [0.05, 0.1) is 16.1 Å². The highest BCUT2D eigenvalue weighted by Crippen LogP contribution is 2.30. The molecule has 0 aliphatic heterocycles. The van der Waals surface area contributed by atoms with Crippen LogP contribution in [0.4, 0.5) is 8.78 Å². The van der Waals surface area contributed by atoms with Gasteiger partial charge in [-0.3, -0.25) is 0 Å². The summed E-state index contributed by atoms with van der Waals surface area (Å²) in [6, 6.07) is 4.59. The first kappa shape index (κ1) is 14.9. The maximum atomic E-state index is 13.9. The Morgan fingerprint density at radius 3 is 1.90 bits per heavy atom. The number of carboxylic acids is 2. The molecule has 2 rings (SSSR count). The summed E-state index contributed by atoms with van der Waals surface area (Å²) in [5, 5.41) is 17.4. The maximum Gasteiger partial charge on any atom is 0.335 e. The molecule has 2 N–H and O–H groups in total. The van der Waals surface area contributed by atoms with Gasteiger partial charge in [-0.2, -0.15) is 0 Å². The maximum absolute atomic E-state index is 13.9. The molecule has 0 fully saturated rings. The van der Waals surface area contributed by atoms with Crippen molar-refractivity contribution < 1.29 is 28.6 Å². The van der Waals surface area contributed by atoms with Gasteiger partial charge >= 0.3 is 11.9 Å². The van der Waals surface area contributed by atoms with Crippen LogP contribution in [-0.4, -0.2) is 22.2 Å². The molecule has 0 amide bonds. The molecule has 0 spiro atoms. The van der Waals surface area contributed by atoms with E-state index >= 15 is 0 Å². The summed E-state index contributed by atoms with van der Waals surface area (Å²) in [5.74, 6) is -4.56. The van der Waals surface area contributed by atoms with Crippen LogP contribution in [0.5, 0.6) is 0 Å². The third kappa shape index (κ3) is 3.00. The van der Waals surface area contributed by atoms with Gasteiger partial charge in [0.25, 0.3) is 0 Å². The lowest BCUT2D eigenvalue weighted by Crippen LogP contribution is -2.03. The summed E-state index contributed by atoms with van der Waals surface area (Å²) in [6.45, 7) is 0. The van der Waals surface area contributed by atoms with Crippen molar-refractivity contribution in [3.8, 4) is 11.1 Å². The van der Waals surface area contributed by atoms with Gasteiger partial charge in [0, 0.05) is 5.56 Å². The first-order chi connectivity index (χ1) is 9.79. The van der Waals surface area contributed by atoms with Gasteiger partial charge in [0.1, 0.15) is 11.6 Å². The molecule has 0 aliphatic carbocycles. The highest BCUT2D eigenvalue weighted by Gasteiger charge is 2.16. The molecular formula is C14H7ClF2O4. The molecule has 0 saturated heterocycles. The second kappa shape index (κ2) is 5.49. The highest BCUT2D eigenvalue weighted by molar-refractivity contribution is 6.31. The smallest absolute Gasteiger partial charge is 0.335 e. The van der Waals surface area contributed by atoms with Crippen molar-refractivity contribution >= 4 is 23.5 Å². The average molecular weight is 313 g/mol. The van der Waals surface area contributed by atoms with Crippen LogP contribution in [0.2, 0.25) is 5.02 Å². The zero-order chi connectivity index (χ0) is 15.7. The second-order valence-corrected chi connectivity index (χ2v) is 4.57. The van der Waals surface area contributed by atoms with Crippen LogP contribution >= 0.6 is 11.6 Å². The summed E-state index contributed by atoms with van der Waals surface area (Å²) < 4.78 is 27.3. The van der Waals surface area contributed by atoms with Crippen molar-refractivity contribution in [1.82, 2.24) is 0 Å². The van der Waals surface area contributed by atoms with Crippen LogP contribution in [-0.2, 0) is 0 Å². The molecule has 0 bridgehead atoms. The molecule has 0 unspecified atom stereocenters. The van der Waals surface area contributed by atoms with E-state index in [4.69, 9.17) is 21.8 Å². The molecule has 7 heteroatoms. The number of aromatic carboxylic acids is 2. The molecule has 0 heterocycles. The van der Waals surface area contributed by atoms with Crippen LogP contribution in [0.25, 0.3) is 11.1 Å². The highest BCUT2D eigenvalue weighted by atomic mass is 35.5. The van der Waals surface area contributed by atoms with E-state index in [2.05, 4.69) is 0 Å². The zero-order valence-electron chi connectivity index (χ0n) is 10.2. The van der Waals surface area contributed by atoms with Crippen molar-refractivity contribution in [2.24, 2.45) is 0 Å². The van der Waals surface area contributed by atoms with Crippen LogP contribution in [0.3, 0.4) is 0 Å². The Bertz CT molecular complexity index is 727. The second-order valence-electron chi connectivity index (χ2n) is 4.16. The first-order valence-corrected chi connectivity index (χ1v) is 5.94. The van der Waals surface area contributed by atoms with Gasteiger partial charge < -0.3 is 10.2 Å². The van der Waals surface area contributed by atoms with Crippen molar-refractivity contribution in [1.29, 1.82) is 0 Å². The molecule has 21 heavy (non-hydrogen) atoms. The Labute approximate surface area is 122 Å². The lowest BCUT2D eigenvalue weighted by atomic mass is 9.99. The van der Waals surface area contributed by atoms with Crippen molar-refractivity contribution in [3.05, 3.63) is 58.1 Å². The molecule has 0 radical (unpaired) electrons. The van der Waals surface area contributed by atoms with Crippen LogP contribution in [0.15, 0.2) is 30.3 Å². The third-order valence-electron chi connectivity index (χ3n) is 2.73. The van der Waals surface area contributed by atoms with E-state index in [9.17, 15) is 18.4 Å². The summed E-state index contributed by atoms with van der Waals surface area (Å²) in [4.78, 5) is 22.0. The fourth-order valence-electron chi connectivity index (χ4n) is 1.80. The van der Waals surface area contributed by atoms with Crippen molar-refractivity contribution in [3.63, 3.8) is 0 Å². The van der Waals surface area contributed by atoms with Crippen LogP contribution in [0, 0.1) is 11.6 Å². The fourth-order valence-corrected chi connectivity index (χ4v) is 2.00. The largest absolute Gasteiger partial charge is 0.478 e. The van der Waals surface area contributed by atoms with Gasteiger partial charge in [-0.1, -0.05) is 11.6 Å². The average Bonchev–Trinajstić information content (AvgIpc) is 2.42. The number of hydrogen-bond donors (Lipinski definition) is 2. The molecular weight excluding hydrogens is 306 g/mol. The molecule has 108 valence electrons. The minimum Gasteiger partial charge on any atom is -0.478 e. The number of carbonyl (C=O) groups is 2. The standard InChI is InChI=1S/C14H7ClF2O4/c15-11-5-9(16)4-10(12(11)17)6-1-7(13(18)19)3-8(2-6)14(20)21/h1-5H,(H,18,19)(H,20,21). The van der Waals surface area contributed by atoms with Gasteiger partial charge in [0.2, 0.25) is 0 Å². The lowest BCUT2D eigenvalue weighted by Gasteiger charge is -2.08. The van der Waals surface area contributed by atoms with Gasteiger partial charge in [-0.25, -0.2) is 18.4 Å². The molecule has 2 aromatic carbocycles. The van der Waals surface area contributed by atoms with E-state index in [1.807, 2.05) is 0 Å². The van der Waals surface area contributed by atoms with Gasteiger partial charge in [0.15, 0.2) is 0 Å². The Balaban J connectivity index is 2.74. The molecule has 2 aromatic rings. The Morgan fingerprint density at radius 1 is 0.905 bits per heavy atom. The Kier molecular flexibility index (Phi) is 3.90. The summed E-state index contributed by atoms with van der Waals surface area (Å²) >= 11 is 5.53. The van der Waals surface area contributed by atoms with E-state index < -0.39 is 28.6 Å². The number of hydrogen-bond acceptors (Lipinski definition) is 2. The molecule has 0 saturated carbocycles. The van der Waals surface area contributed by atoms with Crippen LogP contribution in [0.1, 0.15) is 20.7 Å². The third-order valence-corrected chi connectivity index (χ3v) is 3.01. The topological polar surface area (TPSA) is 74.6 Å². The monoisotopic (exact) mass is 312 g/mol. The van der Waals surface area contributed by atoms with E-state index in [-0.39, 0.29) is 22.3 Å². The van der Waals surface area contributed by atoms with Crippen LogP contribution < -0.4 is 0 Å². The van der Waals surface area contributed by atoms with E-state index in [0.717, 1.165) is 30.3 Å². The SMILES string of the molecule is O=C(O)c1cc(C(=O)O)cc(-c2cc(F)cc(Cl)c2F)c1. The number of halogens is 3. The minimum absolute atomic E-state index is 0.0915.